The van der Waals surface area contributed by atoms with Crippen molar-refractivity contribution < 1.29 is 9.72 Å². The summed E-state index contributed by atoms with van der Waals surface area (Å²) in [5, 5.41) is 13.1. The summed E-state index contributed by atoms with van der Waals surface area (Å²) in [4.78, 5) is 26.9. The minimum Gasteiger partial charge on any atom is -0.334 e. The second kappa shape index (κ2) is 7.42. The van der Waals surface area contributed by atoms with Gasteiger partial charge in [0.05, 0.1) is 11.5 Å². The third-order valence-electron chi connectivity index (χ3n) is 3.23. The van der Waals surface area contributed by atoms with Gasteiger partial charge in [-0.3, -0.25) is 14.9 Å². The monoisotopic (exact) mass is 336 g/mol. The molecule has 7 heteroatoms. The number of nitrogens with zero attached hydrogens (tertiary/aromatic N) is 2. The average Bonchev–Trinajstić information content (AvgIpc) is 3.04. The highest BCUT2D eigenvalue weighted by Gasteiger charge is 2.24. The molecule has 0 saturated heterocycles. The first-order valence-electron chi connectivity index (χ1n) is 6.71. The van der Waals surface area contributed by atoms with Crippen LogP contribution >= 0.6 is 23.1 Å². The normalized spacial score (nSPS) is 10.5. The lowest BCUT2D eigenvalue weighted by Crippen LogP contribution is -2.30. The average molecular weight is 336 g/mol. The van der Waals surface area contributed by atoms with E-state index in [1.54, 1.807) is 28.4 Å². The topological polar surface area (TPSA) is 63.5 Å². The molecule has 5 nitrogen and oxygen atoms in total. The number of hydrogen-bond acceptors (Lipinski definition) is 5. The van der Waals surface area contributed by atoms with E-state index in [-0.39, 0.29) is 17.2 Å². The summed E-state index contributed by atoms with van der Waals surface area (Å²) in [6.45, 7) is 2.83. The van der Waals surface area contributed by atoms with Gasteiger partial charge in [0.15, 0.2) is 0 Å². The number of carbonyl (C=O) groups excluding carboxylic acids is 1. The summed E-state index contributed by atoms with van der Waals surface area (Å²) < 4.78 is 0. The van der Waals surface area contributed by atoms with Crippen molar-refractivity contribution in [3.63, 3.8) is 0 Å². The fourth-order valence-electron chi connectivity index (χ4n) is 2.06. The van der Waals surface area contributed by atoms with Crippen LogP contribution in [0, 0.1) is 10.1 Å². The molecule has 0 unspecified atom stereocenters. The van der Waals surface area contributed by atoms with Crippen LogP contribution in [0.15, 0.2) is 40.6 Å². The van der Waals surface area contributed by atoms with E-state index in [1.165, 1.54) is 17.8 Å². The van der Waals surface area contributed by atoms with E-state index in [0.717, 1.165) is 9.77 Å². The highest BCUT2D eigenvalue weighted by molar-refractivity contribution is 7.98. The maximum atomic E-state index is 12.7. The van der Waals surface area contributed by atoms with E-state index >= 15 is 0 Å². The summed E-state index contributed by atoms with van der Waals surface area (Å²) in [6.07, 6.45) is 1.87. The second-order valence-corrected chi connectivity index (χ2v) is 6.45. The molecule has 1 amide bonds. The maximum Gasteiger partial charge on any atom is 0.282 e. The van der Waals surface area contributed by atoms with Crippen LogP contribution < -0.4 is 0 Å². The van der Waals surface area contributed by atoms with E-state index in [0.29, 0.717) is 13.1 Å². The van der Waals surface area contributed by atoms with E-state index in [2.05, 4.69) is 0 Å². The van der Waals surface area contributed by atoms with Crippen molar-refractivity contribution in [1.82, 2.24) is 4.90 Å². The summed E-state index contributed by atoms with van der Waals surface area (Å²) in [7, 11) is 0. The second-order valence-electron chi connectivity index (χ2n) is 4.54. The first-order chi connectivity index (χ1) is 10.6. The van der Waals surface area contributed by atoms with Crippen LogP contribution in [-0.2, 0) is 6.54 Å². The number of benzene rings is 1. The third-order valence-corrected chi connectivity index (χ3v) is 4.81. The van der Waals surface area contributed by atoms with Gasteiger partial charge in [0.2, 0.25) is 0 Å². The lowest BCUT2D eigenvalue weighted by molar-refractivity contribution is -0.385. The number of thioether (sulfide) groups is 1. The summed E-state index contributed by atoms with van der Waals surface area (Å²) >= 11 is 3.02. The molecule has 0 bridgehead atoms. The summed E-state index contributed by atoms with van der Waals surface area (Å²) in [6, 6.07) is 8.54. The Morgan fingerprint density at radius 1 is 1.41 bits per heavy atom. The molecule has 1 aromatic heterocycles. The number of rotatable bonds is 6. The largest absolute Gasteiger partial charge is 0.334 e. The van der Waals surface area contributed by atoms with Gasteiger partial charge in [0, 0.05) is 22.4 Å². The first-order valence-corrected chi connectivity index (χ1v) is 8.81. The predicted molar refractivity (Wildman–Crippen MR) is 89.6 cm³/mol. The molecule has 0 N–H and O–H groups in total. The zero-order chi connectivity index (χ0) is 16.1. The standard InChI is InChI=1S/C15H16N2O3S2/c1-3-16(10-12-5-4-8-22-12)15(18)13-9-11(21-2)6-7-14(13)17(19)20/h4-9H,3,10H2,1-2H3. The summed E-state index contributed by atoms with van der Waals surface area (Å²) in [5.41, 5.74) is 0.00249. The zero-order valence-corrected chi connectivity index (χ0v) is 13.9. The molecule has 0 aliphatic heterocycles. The molecular formula is C15H16N2O3S2. The highest BCUT2D eigenvalue weighted by Crippen LogP contribution is 2.26. The zero-order valence-electron chi connectivity index (χ0n) is 12.3. The van der Waals surface area contributed by atoms with Crippen LogP contribution in [0.5, 0.6) is 0 Å². The maximum absolute atomic E-state index is 12.7. The van der Waals surface area contributed by atoms with E-state index in [4.69, 9.17) is 0 Å². The van der Waals surface area contributed by atoms with Gasteiger partial charge in [-0.15, -0.1) is 23.1 Å². The Morgan fingerprint density at radius 2 is 2.18 bits per heavy atom. The molecule has 116 valence electrons. The van der Waals surface area contributed by atoms with E-state index in [1.807, 2.05) is 30.7 Å². The molecule has 2 aromatic rings. The SMILES string of the molecule is CCN(Cc1cccs1)C(=O)c1cc(SC)ccc1[N+](=O)[O-]. The first kappa shape index (κ1) is 16.5. The fraction of sp³-hybridized carbons (Fsp3) is 0.267. The lowest BCUT2D eigenvalue weighted by atomic mass is 10.1. The van der Waals surface area contributed by atoms with E-state index < -0.39 is 4.92 Å². The Morgan fingerprint density at radius 3 is 2.73 bits per heavy atom. The van der Waals surface area contributed by atoms with Crippen LogP contribution in [0.25, 0.3) is 0 Å². The smallest absolute Gasteiger partial charge is 0.282 e. The fourth-order valence-corrected chi connectivity index (χ4v) is 3.22. The Kier molecular flexibility index (Phi) is 5.57. The van der Waals surface area contributed by atoms with Gasteiger partial charge in [-0.2, -0.15) is 0 Å². The minimum absolute atomic E-state index is 0.146. The number of carbonyl (C=O) groups is 1. The highest BCUT2D eigenvalue weighted by atomic mass is 32.2. The van der Waals surface area contributed by atoms with Crippen LogP contribution in [0.2, 0.25) is 0 Å². The van der Waals surface area contributed by atoms with Crippen molar-refractivity contribution in [2.45, 2.75) is 18.4 Å². The molecule has 0 aliphatic rings. The van der Waals surface area contributed by atoms with Crippen molar-refractivity contribution in [3.8, 4) is 0 Å². The number of amides is 1. The Bertz CT molecular complexity index is 671. The Hall–Kier alpha value is -1.86. The van der Waals surface area contributed by atoms with Crippen molar-refractivity contribution >= 4 is 34.7 Å². The van der Waals surface area contributed by atoms with Crippen LogP contribution in [-0.4, -0.2) is 28.5 Å². The van der Waals surface area contributed by atoms with Crippen LogP contribution in [0.1, 0.15) is 22.2 Å². The minimum atomic E-state index is -0.504. The lowest BCUT2D eigenvalue weighted by Gasteiger charge is -2.20. The number of thiophene rings is 1. The molecule has 1 aromatic carbocycles. The van der Waals surface area contributed by atoms with Crippen molar-refractivity contribution in [1.29, 1.82) is 0 Å². The molecule has 1 heterocycles. The predicted octanol–water partition coefficient (Wildman–Crippen LogP) is 4.04. The molecule has 0 radical (unpaired) electrons. The number of nitro groups is 1. The molecule has 0 atom stereocenters. The van der Waals surface area contributed by atoms with Gasteiger partial charge in [-0.05, 0) is 36.8 Å². The van der Waals surface area contributed by atoms with Gasteiger partial charge in [0.25, 0.3) is 11.6 Å². The van der Waals surface area contributed by atoms with Crippen LogP contribution in [0.4, 0.5) is 5.69 Å². The molecular weight excluding hydrogens is 320 g/mol. The van der Waals surface area contributed by atoms with Crippen molar-refractivity contribution in [3.05, 3.63) is 56.3 Å². The van der Waals surface area contributed by atoms with Gasteiger partial charge in [0.1, 0.15) is 5.56 Å². The number of nitro benzene ring substituents is 1. The Balaban J connectivity index is 2.35. The van der Waals surface area contributed by atoms with Crippen LogP contribution in [0.3, 0.4) is 0 Å². The van der Waals surface area contributed by atoms with Crippen molar-refractivity contribution in [2.24, 2.45) is 0 Å². The van der Waals surface area contributed by atoms with Crippen molar-refractivity contribution in [2.75, 3.05) is 12.8 Å². The van der Waals surface area contributed by atoms with Gasteiger partial charge in [-0.1, -0.05) is 6.07 Å². The molecule has 0 aliphatic carbocycles. The third kappa shape index (κ3) is 3.66. The molecule has 22 heavy (non-hydrogen) atoms. The van der Waals surface area contributed by atoms with Gasteiger partial charge in [-0.25, -0.2) is 0 Å². The molecule has 0 spiro atoms. The van der Waals surface area contributed by atoms with Gasteiger partial charge < -0.3 is 4.90 Å². The molecule has 0 saturated carbocycles. The van der Waals surface area contributed by atoms with E-state index in [9.17, 15) is 14.9 Å². The number of hydrogen-bond donors (Lipinski definition) is 0. The van der Waals surface area contributed by atoms with Gasteiger partial charge >= 0.3 is 0 Å². The quantitative estimate of drug-likeness (QED) is 0.454. The Labute approximate surface area is 137 Å². The molecule has 2 rings (SSSR count). The summed E-state index contributed by atoms with van der Waals surface area (Å²) in [5.74, 6) is -0.307. The molecule has 0 fully saturated rings.